The SMILES string of the molecule is N[C@H](c1ccc(F)c(F)c1F)[C@@H](O)C1CC1. The van der Waals surface area contributed by atoms with Gasteiger partial charge in [-0.25, -0.2) is 13.2 Å². The largest absolute Gasteiger partial charge is 0.391 e. The molecule has 1 aromatic rings. The monoisotopic (exact) mass is 231 g/mol. The summed E-state index contributed by atoms with van der Waals surface area (Å²) >= 11 is 0. The van der Waals surface area contributed by atoms with E-state index in [-0.39, 0.29) is 11.5 Å². The molecule has 0 aliphatic heterocycles. The van der Waals surface area contributed by atoms with Crippen molar-refractivity contribution in [1.82, 2.24) is 0 Å². The molecule has 2 rings (SSSR count). The summed E-state index contributed by atoms with van der Waals surface area (Å²) < 4.78 is 39.0. The average molecular weight is 231 g/mol. The van der Waals surface area contributed by atoms with Gasteiger partial charge in [-0.05, 0) is 24.8 Å². The van der Waals surface area contributed by atoms with E-state index in [9.17, 15) is 18.3 Å². The molecular weight excluding hydrogens is 219 g/mol. The maximum absolute atomic E-state index is 13.4. The van der Waals surface area contributed by atoms with Crippen molar-refractivity contribution in [2.24, 2.45) is 11.7 Å². The van der Waals surface area contributed by atoms with Crippen LogP contribution in [-0.2, 0) is 0 Å². The van der Waals surface area contributed by atoms with Gasteiger partial charge >= 0.3 is 0 Å². The fourth-order valence-electron chi connectivity index (χ4n) is 1.71. The highest BCUT2D eigenvalue weighted by molar-refractivity contribution is 5.24. The molecule has 0 aromatic heterocycles. The molecule has 1 saturated carbocycles. The second-order valence-corrected chi connectivity index (χ2v) is 4.12. The maximum atomic E-state index is 13.4. The Morgan fingerprint density at radius 2 is 1.81 bits per heavy atom. The van der Waals surface area contributed by atoms with Gasteiger partial charge in [0.05, 0.1) is 12.1 Å². The molecule has 0 bridgehead atoms. The average Bonchev–Trinajstić information content (AvgIpc) is 3.08. The van der Waals surface area contributed by atoms with Crippen LogP contribution in [0.15, 0.2) is 12.1 Å². The van der Waals surface area contributed by atoms with E-state index >= 15 is 0 Å². The fraction of sp³-hybridized carbons (Fsp3) is 0.455. The van der Waals surface area contributed by atoms with Gasteiger partial charge < -0.3 is 10.8 Å². The van der Waals surface area contributed by atoms with Crippen LogP contribution in [0.1, 0.15) is 24.4 Å². The molecule has 5 heteroatoms. The zero-order chi connectivity index (χ0) is 11.9. The number of aliphatic hydroxyl groups is 1. The van der Waals surface area contributed by atoms with E-state index in [1.807, 2.05) is 0 Å². The normalized spacial score (nSPS) is 19.6. The van der Waals surface area contributed by atoms with E-state index < -0.39 is 29.6 Å². The number of hydrogen-bond acceptors (Lipinski definition) is 2. The van der Waals surface area contributed by atoms with E-state index in [4.69, 9.17) is 5.73 Å². The Kier molecular flexibility index (Phi) is 2.90. The third-order valence-electron chi connectivity index (χ3n) is 2.90. The first kappa shape index (κ1) is 11.4. The summed E-state index contributed by atoms with van der Waals surface area (Å²) in [5.74, 6) is -4.07. The van der Waals surface area contributed by atoms with Crippen LogP contribution in [0, 0.1) is 23.4 Å². The summed E-state index contributed by atoms with van der Waals surface area (Å²) in [6.45, 7) is 0. The van der Waals surface area contributed by atoms with Crippen LogP contribution >= 0.6 is 0 Å². The number of aliphatic hydroxyl groups excluding tert-OH is 1. The minimum atomic E-state index is -1.55. The molecule has 2 nitrogen and oxygen atoms in total. The Morgan fingerprint density at radius 1 is 1.19 bits per heavy atom. The molecule has 0 spiro atoms. The highest BCUT2D eigenvalue weighted by atomic mass is 19.2. The standard InChI is InChI=1S/C11H12F3NO/c12-7-4-3-6(8(13)9(7)14)10(15)11(16)5-1-2-5/h3-5,10-11,16H,1-2,15H2/t10-,11+/m1/s1. The molecule has 0 heterocycles. The van der Waals surface area contributed by atoms with Crippen LogP contribution < -0.4 is 5.73 Å². The van der Waals surface area contributed by atoms with E-state index in [1.165, 1.54) is 0 Å². The van der Waals surface area contributed by atoms with E-state index in [2.05, 4.69) is 0 Å². The molecule has 1 aliphatic rings. The number of benzene rings is 1. The smallest absolute Gasteiger partial charge is 0.194 e. The molecule has 1 aliphatic carbocycles. The summed E-state index contributed by atoms with van der Waals surface area (Å²) in [5.41, 5.74) is 5.44. The lowest BCUT2D eigenvalue weighted by Gasteiger charge is -2.19. The van der Waals surface area contributed by atoms with Crippen molar-refractivity contribution in [3.05, 3.63) is 35.1 Å². The maximum Gasteiger partial charge on any atom is 0.194 e. The van der Waals surface area contributed by atoms with Crippen molar-refractivity contribution in [1.29, 1.82) is 0 Å². The van der Waals surface area contributed by atoms with Gasteiger partial charge in [0.2, 0.25) is 0 Å². The van der Waals surface area contributed by atoms with Crippen molar-refractivity contribution in [3.8, 4) is 0 Å². The van der Waals surface area contributed by atoms with E-state index in [0.717, 1.165) is 25.0 Å². The number of nitrogens with two attached hydrogens (primary N) is 1. The second kappa shape index (κ2) is 4.07. The lowest BCUT2D eigenvalue weighted by Crippen LogP contribution is -2.29. The molecule has 0 radical (unpaired) electrons. The predicted octanol–water partition coefficient (Wildman–Crippen LogP) is 1.87. The second-order valence-electron chi connectivity index (χ2n) is 4.12. The van der Waals surface area contributed by atoms with Crippen molar-refractivity contribution >= 4 is 0 Å². The molecule has 1 aromatic carbocycles. The fourth-order valence-corrected chi connectivity index (χ4v) is 1.71. The molecule has 16 heavy (non-hydrogen) atoms. The number of halogens is 3. The summed E-state index contributed by atoms with van der Waals surface area (Å²) in [6.07, 6.45) is 0.764. The molecule has 0 amide bonds. The summed E-state index contributed by atoms with van der Waals surface area (Å²) in [4.78, 5) is 0. The third-order valence-corrected chi connectivity index (χ3v) is 2.90. The minimum absolute atomic E-state index is 0.0440. The lowest BCUT2D eigenvalue weighted by molar-refractivity contribution is 0.120. The van der Waals surface area contributed by atoms with Gasteiger partial charge in [0, 0.05) is 5.56 Å². The molecule has 88 valence electrons. The highest BCUT2D eigenvalue weighted by Crippen LogP contribution is 2.37. The predicted molar refractivity (Wildman–Crippen MR) is 52.0 cm³/mol. The van der Waals surface area contributed by atoms with Gasteiger partial charge in [-0.2, -0.15) is 0 Å². The molecule has 2 atom stereocenters. The molecular formula is C11H12F3NO. The van der Waals surface area contributed by atoms with Gasteiger partial charge in [-0.3, -0.25) is 0 Å². The van der Waals surface area contributed by atoms with Crippen molar-refractivity contribution in [2.45, 2.75) is 25.0 Å². The van der Waals surface area contributed by atoms with Crippen LogP contribution in [0.25, 0.3) is 0 Å². The Bertz CT molecular complexity index is 406. The van der Waals surface area contributed by atoms with Gasteiger partial charge in [0.1, 0.15) is 0 Å². The highest BCUT2D eigenvalue weighted by Gasteiger charge is 2.35. The Morgan fingerprint density at radius 3 is 2.38 bits per heavy atom. The molecule has 1 fully saturated rings. The zero-order valence-corrected chi connectivity index (χ0v) is 8.46. The number of hydrogen-bond donors (Lipinski definition) is 2. The van der Waals surface area contributed by atoms with Crippen molar-refractivity contribution in [2.75, 3.05) is 0 Å². The third kappa shape index (κ3) is 1.92. The van der Waals surface area contributed by atoms with Crippen LogP contribution in [0.5, 0.6) is 0 Å². The van der Waals surface area contributed by atoms with E-state index in [0.29, 0.717) is 0 Å². The molecule has 3 N–H and O–H groups in total. The molecule has 0 unspecified atom stereocenters. The first-order valence-corrected chi connectivity index (χ1v) is 5.09. The minimum Gasteiger partial charge on any atom is -0.391 e. The summed E-state index contributed by atoms with van der Waals surface area (Å²) in [5, 5.41) is 9.69. The van der Waals surface area contributed by atoms with Crippen LogP contribution in [0.2, 0.25) is 0 Å². The first-order chi connectivity index (χ1) is 7.52. The number of rotatable bonds is 3. The van der Waals surface area contributed by atoms with Crippen molar-refractivity contribution in [3.63, 3.8) is 0 Å². The summed E-state index contributed by atoms with van der Waals surface area (Å²) in [6, 6.07) is 0.875. The zero-order valence-electron chi connectivity index (χ0n) is 8.46. The van der Waals surface area contributed by atoms with Crippen LogP contribution in [0.3, 0.4) is 0 Å². The quantitative estimate of drug-likeness (QED) is 0.780. The van der Waals surface area contributed by atoms with Gasteiger partial charge in [0.25, 0.3) is 0 Å². The first-order valence-electron chi connectivity index (χ1n) is 5.09. The van der Waals surface area contributed by atoms with Gasteiger partial charge in [0.15, 0.2) is 17.5 Å². The van der Waals surface area contributed by atoms with E-state index in [1.54, 1.807) is 0 Å². The molecule has 0 saturated heterocycles. The Hall–Kier alpha value is -1.07. The van der Waals surface area contributed by atoms with Crippen LogP contribution in [-0.4, -0.2) is 11.2 Å². The van der Waals surface area contributed by atoms with Gasteiger partial charge in [-0.1, -0.05) is 6.07 Å². The van der Waals surface area contributed by atoms with Crippen molar-refractivity contribution < 1.29 is 18.3 Å². The topological polar surface area (TPSA) is 46.2 Å². The van der Waals surface area contributed by atoms with Crippen LogP contribution in [0.4, 0.5) is 13.2 Å². The summed E-state index contributed by atoms with van der Waals surface area (Å²) in [7, 11) is 0. The van der Waals surface area contributed by atoms with Gasteiger partial charge in [-0.15, -0.1) is 0 Å². The Labute approximate surface area is 90.9 Å². The Balaban J connectivity index is 2.29. The lowest BCUT2D eigenvalue weighted by atomic mass is 9.98.